The van der Waals surface area contributed by atoms with Crippen LogP contribution in [0.15, 0.2) is 121 Å². The van der Waals surface area contributed by atoms with Crippen molar-refractivity contribution >= 4 is 48.1 Å². The fourth-order valence-corrected chi connectivity index (χ4v) is 6.20. The second kappa shape index (κ2) is 13.2. The first kappa shape index (κ1) is 29.4. The highest BCUT2D eigenvalue weighted by molar-refractivity contribution is 9.10. The Bertz CT molecular complexity index is 1680. The number of nitrogens with one attached hydrogen (secondary N) is 2. The third-order valence-electron chi connectivity index (χ3n) is 5.53. The zero-order valence-corrected chi connectivity index (χ0v) is 24.2. The van der Waals surface area contributed by atoms with Crippen molar-refractivity contribution in [2.75, 3.05) is 6.54 Å². The zero-order chi connectivity index (χ0) is 28.6. The first-order chi connectivity index (χ1) is 19.1. The standard InChI is InChI=1S/C27H25BrN4O6S2/c28-22-11-15-26(16-12-22)40(36,37)32(19-21-7-3-1-4-8-21)20-27(33)31-29-17-23-13-14-24(38-23)18-30-39(34,35)25-9-5-2-6-10-25/h1-17,30H,18-20H2,(H,31,33)/b29-17-. The van der Waals surface area contributed by atoms with Crippen LogP contribution in [0.5, 0.6) is 0 Å². The summed E-state index contributed by atoms with van der Waals surface area (Å²) in [6, 6.07) is 26.1. The van der Waals surface area contributed by atoms with Crippen LogP contribution in [0.25, 0.3) is 0 Å². The molecule has 1 amide bonds. The number of halogens is 1. The molecule has 0 saturated carbocycles. The third kappa shape index (κ3) is 7.96. The Morgan fingerprint density at radius 2 is 1.50 bits per heavy atom. The minimum Gasteiger partial charge on any atom is -0.459 e. The molecule has 0 aliphatic rings. The predicted molar refractivity (Wildman–Crippen MR) is 153 cm³/mol. The molecular weight excluding hydrogens is 620 g/mol. The number of carbonyl (C=O) groups excluding carboxylic acids is 1. The fourth-order valence-electron chi connectivity index (χ4n) is 3.54. The van der Waals surface area contributed by atoms with E-state index in [4.69, 9.17) is 4.42 Å². The predicted octanol–water partition coefficient (Wildman–Crippen LogP) is 3.86. The first-order valence-corrected chi connectivity index (χ1v) is 15.6. The van der Waals surface area contributed by atoms with Gasteiger partial charge in [0.2, 0.25) is 20.0 Å². The molecule has 0 fully saturated rings. The molecule has 208 valence electrons. The Hall–Kier alpha value is -3.62. The second-order valence-electron chi connectivity index (χ2n) is 8.45. The molecule has 0 spiro atoms. The molecule has 1 heterocycles. The molecule has 10 nitrogen and oxygen atoms in total. The molecule has 0 aliphatic carbocycles. The lowest BCUT2D eigenvalue weighted by molar-refractivity contribution is -0.121. The lowest BCUT2D eigenvalue weighted by atomic mass is 10.2. The van der Waals surface area contributed by atoms with Crippen LogP contribution in [0, 0.1) is 0 Å². The Morgan fingerprint density at radius 3 is 2.17 bits per heavy atom. The number of amides is 1. The number of carbonyl (C=O) groups is 1. The average Bonchev–Trinajstić information content (AvgIpc) is 3.41. The van der Waals surface area contributed by atoms with Crippen molar-refractivity contribution in [2.45, 2.75) is 22.9 Å². The largest absolute Gasteiger partial charge is 0.459 e. The van der Waals surface area contributed by atoms with Gasteiger partial charge in [-0.05, 0) is 54.1 Å². The summed E-state index contributed by atoms with van der Waals surface area (Å²) in [5.74, 6) is -0.0602. The minimum absolute atomic E-state index is 0.0171. The van der Waals surface area contributed by atoms with E-state index in [0.29, 0.717) is 11.3 Å². The number of hydrogen-bond acceptors (Lipinski definition) is 7. The topological polar surface area (TPSA) is 138 Å². The van der Waals surface area contributed by atoms with Crippen LogP contribution in [-0.4, -0.2) is 39.8 Å². The van der Waals surface area contributed by atoms with E-state index >= 15 is 0 Å². The van der Waals surface area contributed by atoms with E-state index in [1.54, 1.807) is 66.7 Å². The van der Waals surface area contributed by atoms with Crippen molar-refractivity contribution in [1.82, 2.24) is 14.5 Å². The number of nitrogens with zero attached hydrogens (tertiary/aromatic N) is 2. The van der Waals surface area contributed by atoms with E-state index in [9.17, 15) is 21.6 Å². The summed E-state index contributed by atoms with van der Waals surface area (Å²) in [6.07, 6.45) is 1.23. The van der Waals surface area contributed by atoms with E-state index in [-0.39, 0.29) is 28.6 Å². The van der Waals surface area contributed by atoms with Crippen LogP contribution in [-0.2, 0) is 37.9 Å². The van der Waals surface area contributed by atoms with E-state index < -0.39 is 32.5 Å². The molecule has 13 heteroatoms. The van der Waals surface area contributed by atoms with Gasteiger partial charge in [0.1, 0.15) is 11.5 Å². The summed E-state index contributed by atoms with van der Waals surface area (Å²) in [4.78, 5) is 12.9. The minimum atomic E-state index is -4.00. The van der Waals surface area contributed by atoms with E-state index in [2.05, 4.69) is 31.2 Å². The van der Waals surface area contributed by atoms with Crippen LogP contribution in [0.4, 0.5) is 0 Å². The third-order valence-corrected chi connectivity index (χ3v) is 9.28. The summed E-state index contributed by atoms with van der Waals surface area (Å²) in [7, 11) is -7.70. The summed E-state index contributed by atoms with van der Waals surface area (Å²) < 4.78 is 61.2. The number of sulfonamides is 2. The van der Waals surface area contributed by atoms with Gasteiger partial charge in [-0.25, -0.2) is 27.0 Å². The van der Waals surface area contributed by atoms with Gasteiger partial charge in [-0.2, -0.15) is 9.41 Å². The Balaban J connectivity index is 1.38. The van der Waals surface area contributed by atoms with Crippen LogP contribution in [0.2, 0.25) is 0 Å². The Kier molecular flexibility index (Phi) is 9.66. The van der Waals surface area contributed by atoms with Gasteiger partial charge < -0.3 is 4.42 Å². The van der Waals surface area contributed by atoms with Gasteiger partial charge in [0, 0.05) is 11.0 Å². The average molecular weight is 646 g/mol. The number of hydrazone groups is 1. The van der Waals surface area contributed by atoms with Gasteiger partial charge in [0.15, 0.2) is 0 Å². The van der Waals surface area contributed by atoms with Crippen molar-refractivity contribution in [3.05, 3.63) is 119 Å². The van der Waals surface area contributed by atoms with Crippen LogP contribution in [0.1, 0.15) is 17.1 Å². The molecule has 0 atom stereocenters. The molecule has 0 radical (unpaired) electrons. The van der Waals surface area contributed by atoms with Crippen molar-refractivity contribution < 1.29 is 26.0 Å². The normalized spacial score (nSPS) is 12.2. The summed E-state index contributed by atoms with van der Waals surface area (Å²) in [6.45, 7) is -0.577. The van der Waals surface area contributed by atoms with Gasteiger partial charge in [-0.15, -0.1) is 0 Å². The molecule has 4 rings (SSSR count). The molecule has 0 aliphatic heterocycles. The highest BCUT2D eigenvalue weighted by atomic mass is 79.9. The molecule has 3 aromatic carbocycles. The number of rotatable bonds is 12. The lowest BCUT2D eigenvalue weighted by Crippen LogP contribution is -2.39. The highest BCUT2D eigenvalue weighted by Gasteiger charge is 2.27. The van der Waals surface area contributed by atoms with Crippen LogP contribution >= 0.6 is 15.9 Å². The monoisotopic (exact) mass is 644 g/mol. The molecule has 1 aromatic heterocycles. The molecule has 2 N–H and O–H groups in total. The van der Waals surface area contributed by atoms with Gasteiger partial charge in [-0.3, -0.25) is 4.79 Å². The van der Waals surface area contributed by atoms with E-state index in [0.717, 1.165) is 8.78 Å². The highest BCUT2D eigenvalue weighted by Crippen LogP contribution is 2.21. The van der Waals surface area contributed by atoms with Crippen LogP contribution in [0.3, 0.4) is 0 Å². The number of hydrogen-bond donors (Lipinski definition) is 2. The van der Waals surface area contributed by atoms with Gasteiger partial charge >= 0.3 is 0 Å². The smallest absolute Gasteiger partial charge is 0.255 e. The van der Waals surface area contributed by atoms with Crippen molar-refractivity contribution in [3.63, 3.8) is 0 Å². The zero-order valence-electron chi connectivity index (χ0n) is 21.0. The first-order valence-electron chi connectivity index (χ1n) is 11.9. The molecular formula is C27H25BrN4O6S2. The molecule has 4 aromatic rings. The number of furan rings is 1. The summed E-state index contributed by atoms with van der Waals surface area (Å²) in [5.41, 5.74) is 3.03. The van der Waals surface area contributed by atoms with Crippen LogP contribution < -0.4 is 10.1 Å². The lowest BCUT2D eigenvalue weighted by Gasteiger charge is -2.21. The molecule has 0 bridgehead atoms. The maximum atomic E-state index is 13.3. The van der Waals surface area contributed by atoms with Crippen molar-refractivity contribution in [1.29, 1.82) is 0 Å². The fraction of sp³-hybridized carbons (Fsp3) is 0.111. The van der Waals surface area contributed by atoms with E-state index in [1.807, 2.05) is 6.07 Å². The molecule has 40 heavy (non-hydrogen) atoms. The van der Waals surface area contributed by atoms with E-state index in [1.165, 1.54) is 30.5 Å². The maximum absolute atomic E-state index is 13.3. The molecule has 0 saturated heterocycles. The van der Waals surface area contributed by atoms with Crippen molar-refractivity contribution in [3.8, 4) is 0 Å². The van der Waals surface area contributed by atoms with Gasteiger partial charge in [-0.1, -0.05) is 64.5 Å². The van der Waals surface area contributed by atoms with Crippen molar-refractivity contribution in [2.24, 2.45) is 5.10 Å². The summed E-state index contributed by atoms with van der Waals surface area (Å²) >= 11 is 3.29. The summed E-state index contributed by atoms with van der Waals surface area (Å²) in [5, 5.41) is 3.85. The Labute approximate surface area is 240 Å². The SMILES string of the molecule is O=C(CN(Cc1ccccc1)S(=O)(=O)c1ccc(Br)cc1)N/N=C\c1ccc(CNS(=O)(=O)c2ccccc2)o1. The van der Waals surface area contributed by atoms with Gasteiger partial charge in [0.05, 0.1) is 29.1 Å². The second-order valence-corrected chi connectivity index (χ2v) is 13.1. The molecule has 0 unspecified atom stereocenters. The van der Waals surface area contributed by atoms with Gasteiger partial charge in [0.25, 0.3) is 5.91 Å². The quantitative estimate of drug-likeness (QED) is 0.177. The maximum Gasteiger partial charge on any atom is 0.255 e. The Morgan fingerprint density at radius 1 is 0.850 bits per heavy atom. The number of benzene rings is 3.